The van der Waals surface area contributed by atoms with E-state index in [1.807, 2.05) is 30.0 Å². The smallest absolute Gasteiger partial charge is 0.276 e. The summed E-state index contributed by atoms with van der Waals surface area (Å²) in [5.41, 5.74) is 4.84. The van der Waals surface area contributed by atoms with Gasteiger partial charge in [-0.25, -0.2) is 4.52 Å². The first-order chi connectivity index (χ1) is 13.1. The highest BCUT2D eigenvalue weighted by Gasteiger charge is 2.26. The fourth-order valence-corrected chi connectivity index (χ4v) is 3.55. The lowest BCUT2D eigenvalue weighted by Crippen LogP contribution is -2.47. The van der Waals surface area contributed by atoms with Crippen LogP contribution in [0.2, 0.25) is 0 Å². The van der Waals surface area contributed by atoms with E-state index in [1.54, 1.807) is 4.52 Å². The molecule has 3 heterocycles. The van der Waals surface area contributed by atoms with Gasteiger partial charge in [0, 0.05) is 26.2 Å². The third-order valence-electron chi connectivity index (χ3n) is 5.23. The van der Waals surface area contributed by atoms with Crippen molar-refractivity contribution in [3.05, 3.63) is 47.4 Å². The number of piperazine rings is 1. The molecule has 0 spiro atoms. The molecule has 0 radical (unpaired) electrons. The summed E-state index contributed by atoms with van der Waals surface area (Å²) < 4.78 is 1.78. The van der Waals surface area contributed by atoms with Crippen LogP contribution in [-0.4, -0.2) is 68.7 Å². The summed E-state index contributed by atoms with van der Waals surface area (Å²) in [7, 11) is 2.07. The lowest BCUT2D eigenvalue weighted by atomic mass is 10.0. The highest BCUT2D eigenvalue weighted by molar-refractivity contribution is 5.93. The summed E-state index contributed by atoms with van der Waals surface area (Å²) in [6, 6.07) is 10.1. The molecule has 140 valence electrons. The standard InChI is InChI=1S/C20H24N6O/c1-4-16-17(15-8-6-5-7-9-15)19-22-21-18(14(2)26(19)23-16)20(27)25-12-10-24(3)11-13-25/h5-9H,4,10-13H2,1-3H3. The molecule has 0 bridgehead atoms. The summed E-state index contributed by atoms with van der Waals surface area (Å²) in [5, 5.41) is 13.5. The second-order valence-corrected chi connectivity index (χ2v) is 7.01. The number of hydrogen-bond donors (Lipinski definition) is 0. The van der Waals surface area contributed by atoms with Gasteiger partial charge in [-0.2, -0.15) is 5.10 Å². The largest absolute Gasteiger partial charge is 0.335 e. The van der Waals surface area contributed by atoms with Gasteiger partial charge in [0.05, 0.1) is 17.0 Å². The van der Waals surface area contributed by atoms with Gasteiger partial charge in [-0.1, -0.05) is 37.3 Å². The van der Waals surface area contributed by atoms with Gasteiger partial charge in [-0.3, -0.25) is 4.79 Å². The molecule has 7 heteroatoms. The maximum absolute atomic E-state index is 13.0. The van der Waals surface area contributed by atoms with Crippen molar-refractivity contribution in [1.82, 2.24) is 29.6 Å². The topological polar surface area (TPSA) is 66.6 Å². The van der Waals surface area contributed by atoms with E-state index in [1.165, 1.54) is 0 Å². The minimum absolute atomic E-state index is 0.0650. The third kappa shape index (κ3) is 3.08. The highest BCUT2D eigenvalue weighted by Crippen LogP contribution is 2.28. The average molecular weight is 364 g/mol. The van der Waals surface area contributed by atoms with Crippen LogP contribution in [0, 0.1) is 6.92 Å². The number of fused-ring (bicyclic) bond motifs is 1. The number of likely N-dealkylation sites (N-methyl/N-ethyl adjacent to an activating group) is 1. The van der Waals surface area contributed by atoms with Gasteiger partial charge in [0.25, 0.3) is 5.91 Å². The van der Waals surface area contributed by atoms with Crippen molar-refractivity contribution in [2.45, 2.75) is 20.3 Å². The van der Waals surface area contributed by atoms with Gasteiger partial charge >= 0.3 is 0 Å². The van der Waals surface area contributed by atoms with Gasteiger partial charge in [-0.05, 0) is 26.0 Å². The number of amides is 1. The first kappa shape index (κ1) is 17.6. The minimum atomic E-state index is -0.0650. The van der Waals surface area contributed by atoms with Crippen molar-refractivity contribution in [1.29, 1.82) is 0 Å². The number of hydrogen-bond acceptors (Lipinski definition) is 5. The first-order valence-electron chi connectivity index (χ1n) is 9.38. The van der Waals surface area contributed by atoms with Crippen molar-refractivity contribution in [2.75, 3.05) is 33.2 Å². The maximum Gasteiger partial charge on any atom is 0.276 e. The molecule has 4 rings (SSSR count). The zero-order valence-electron chi connectivity index (χ0n) is 16.0. The molecule has 1 aromatic carbocycles. The number of aryl methyl sites for hydroxylation is 2. The Morgan fingerprint density at radius 1 is 1.07 bits per heavy atom. The quantitative estimate of drug-likeness (QED) is 0.712. The summed E-state index contributed by atoms with van der Waals surface area (Å²) in [4.78, 5) is 17.0. The van der Waals surface area contributed by atoms with Gasteiger partial charge in [-0.15, -0.1) is 10.2 Å². The molecule has 3 aromatic rings. The number of benzene rings is 1. The molecule has 1 saturated heterocycles. The predicted octanol–water partition coefficient (Wildman–Crippen LogP) is 2.05. The summed E-state index contributed by atoms with van der Waals surface area (Å²) >= 11 is 0. The van der Waals surface area contributed by atoms with Crippen molar-refractivity contribution >= 4 is 11.6 Å². The van der Waals surface area contributed by atoms with Crippen molar-refractivity contribution in [2.24, 2.45) is 0 Å². The van der Waals surface area contributed by atoms with Crippen LogP contribution in [0.4, 0.5) is 0 Å². The lowest BCUT2D eigenvalue weighted by molar-refractivity contribution is 0.0655. The molecule has 1 aliphatic heterocycles. The molecule has 0 aliphatic carbocycles. The molecule has 0 unspecified atom stereocenters. The Morgan fingerprint density at radius 2 is 1.78 bits per heavy atom. The zero-order chi connectivity index (χ0) is 19.0. The number of rotatable bonds is 3. The van der Waals surface area contributed by atoms with E-state index in [9.17, 15) is 4.79 Å². The van der Waals surface area contributed by atoms with Crippen molar-refractivity contribution in [3.8, 4) is 11.1 Å². The number of carbonyl (C=O) groups excluding carboxylic acids is 1. The Hall–Kier alpha value is -2.80. The molecular formula is C20H24N6O. The van der Waals surface area contributed by atoms with Crippen molar-refractivity contribution in [3.63, 3.8) is 0 Å². The fraction of sp³-hybridized carbons (Fsp3) is 0.400. The highest BCUT2D eigenvalue weighted by atomic mass is 16.2. The molecule has 1 fully saturated rings. The number of nitrogens with zero attached hydrogens (tertiary/aromatic N) is 6. The van der Waals surface area contributed by atoms with Crippen LogP contribution in [0.3, 0.4) is 0 Å². The molecule has 0 N–H and O–H groups in total. The van der Waals surface area contributed by atoms with E-state index in [2.05, 4.69) is 41.2 Å². The monoisotopic (exact) mass is 364 g/mol. The van der Waals surface area contributed by atoms with E-state index in [4.69, 9.17) is 5.10 Å². The Bertz CT molecular complexity index is 973. The van der Waals surface area contributed by atoms with E-state index in [-0.39, 0.29) is 5.91 Å². The summed E-state index contributed by atoms with van der Waals surface area (Å²) in [6.07, 6.45) is 0.786. The Labute approximate surface area is 158 Å². The molecule has 7 nitrogen and oxygen atoms in total. The van der Waals surface area contributed by atoms with Crippen LogP contribution in [0.1, 0.15) is 28.8 Å². The molecule has 27 heavy (non-hydrogen) atoms. The maximum atomic E-state index is 13.0. The van der Waals surface area contributed by atoms with E-state index < -0.39 is 0 Å². The number of aromatic nitrogens is 4. The molecule has 2 aromatic heterocycles. The van der Waals surface area contributed by atoms with Gasteiger partial charge in [0.1, 0.15) is 0 Å². The minimum Gasteiger partial charge on any atom is -0.335 e. The zero-order valence-corrected chi connectivity index (χ0v) is 16.0. The second kappa shape index (κ2) is 7.08. The Kier molecular flexibility index (Phi) is 4.61. The normalized spacial score (nSPS) is 15.4. The van der Waals surface area contributed by atoms with Crippen LogP contribution in [0.15, 0.2) is 30.3 Å². The summed E-state index contributed by atoms with van der Waals surface area (Å²) in [6.45, 7) is 7.15. The fourth-order valence-electron chi connectivity index (χ4n) is 3.55. The van der Waals surface area contributed by atoms with Gasteiger partial charge in [0.15, 0.2) is 11.3 Å². The van der Waals surface area contributed by atoms with Gasteiger partial charge < -0.3 is 9.80 Å². The Balaban J connectivity index is 1.78. The molecular weight excluding hydrogens is 340 g/mol. The first-order valence-corrected chi connectivity index (χ1v) is 9.38. The molecule has 0 saturated carbocycles. The number of carbonyl (C=O) groups is 1. The van der Waals surface area contributed by atoms with Crippen LogP contribution >= 0.6 is 0 Å². The van der Waals surface area contributed by atoms with Crippen molar-refractivity contribution < 1.29 is 4.79 Å². The average Bonchev–Trinajstić information content (AvgIpc) is 3.08. The van der Waals surface area contributed by atoms with Gasteiger partial charge in [0.2, 0.25) is 0 Å². The Morgan fingerprint density at radius 3 is 2.44 bits per heavy atom. The van der Waals surface area contributed by atoms with Crippen LogP contribution < -0.4 is 0 Å². The van der Waals surface area contributed by atoms with E-state index in [0.29, 0.717) is 24.4 Å². The molecule has 1 amide bonds. The van der Waals surface area contributed by atoms with E-state index >= 15 is 0 Å². The lowest BCUT2D eigenvalue weighted by Gasteiger charge is -2.32. The van der Waals surface area contributed by atoms with Crippen LogP contribution in [0.5, 0.6) is 0 Å². The second-order valence-electron chi connectivity index (χ2n) is 7.01. The molecule has 0 atom stereocenters. The molecule has 1 aliphatic rings. The summed E-state index contributed by atoms with van der Waals surface area (Å²) in [5.74, 6) is -0.0650. The van der Waals surface area contributed by atoms with Crippen LogP contribution in [-0.2, 0) is 6.42 Å². The predicted molar refractivity (Wildman–Crippen MR) is 104 cm³/mol. The van der Waals surface area contributed by atoms with Crippen LogP contribution in [0.25, 0.3) is 16.8 Å². The SMILES string of the molecule is CCc1nn2c(C)c(C(=O)N3CCN(C)CC3)nnc2c1-c1ccccc1. The van der Waals surface area contributed by atoms with E-state index in [0.717, 1.165) is 42.0 Å². The third-order valence-corrected chi connectivity index (χ3v) is 5.23.